The predicted molar refractivity (Wildman–Crippen MR) is 59.3 cm³/mol. The van der Waals surface area contributed by atoms with Crippen molar-refractivity contribution < 1.29 is 0 Å². The topological polar surface area (TPSA) is 56.7 Å². The highest BCUT2D eigenvalue weighted by Crippen LogP contribution is 2.32. The monoisotopic (exact) mass is 208 g/mol. The molecular formula is C11H20N4. The van der Waals surface area contributed by atoms with Crippen LogP contribution in [0, 0.1) is 11.8 Å². The van der Waals surface area contributed by atoms with Crippen LogP contribution in [-0.4, -0.2) is 21.3 Å². The zero-order valence-electron chi connectivity index (χ0n) is 9.39. The zero-order valence-corrected chi connectivity index (χ0v) is 9.39. The van der Waals surface area contributed by atoms with E-state index in [0.29, 0.717) is 5.92 Å². The lowest BCUT2D eigenvalue weighted by Gasteiger charge is -2.17. The van der Waals surface area contributed by atoms with Gasteiger partial charge in [-0.1, -0.05) is 6.42 Å². The van der Waals surface area contributed by atoms with E-state index in [9.17, 15) is 0 Å². The molecule has 0 aliphatic heterocycles. The summed E-state index contributed by atoms with van der Waals surface area (Å²) in [5.74, 6) is 2.55. The number of rotatable bonds is 4. The Bertz CT molecular complexity index is 307. The van der Waals surface area contributed by atoms with Crippen LogP contribution >= 0.6 is 0 Å². The van der Waals surface area contributed by atoms with Crippen molar-refractivity contribution in [3.05, 3.63) is 12.2 Å². The second-order valence-corrected chi connectivity index (χ2v) is 4.38. The Labute approximate surface area is 90.9 Å². The third-order valence-corrected chi connectivity index (χ3v) is 3.56. The fourth-order valence-electron chi connectivity index (χ4n) is 2.64. The van der Waals surface area contributed by atoms with Gasteiger partial charge in [0.2, 0.25) is 0 Å². The summed E-state index contributed by atoms with van der Waals surface area (Å²) < 4.78 is 1.99. The van der Waals surface area contributed by atoms with Crippen LogP contribution in [0.1, 0.15) is 32.0 Å². The van der Waals surface area contributed by atoms with Gasteiger partial charge < -0.3 is 5.73 Å². The SMILES string of the molecule is CCn1ncnc1CC1CCCC1CN. The smallest absolute Gasteiger partial charge is 0.138 e. The van der Waals surface area contributed by atoms with Crippen molar-refractivity contribution in [2.75, 3.05) is 6.54 Å². The van der Waals surface area contributed by atoms with E-state index in [1.54, 1.807) is 6.33 Å². The van der Waals surface area contributed by atoms with Crippen LogP contribution in [0.5, 0.6) is 0 Å². The Balaban J connectivity index is 2.01. The Hall–Kier alpha value is -0.900. The predicted octanol–water partition coefficient (Wildman–Crippen LogP) is 1.22. The number of aromatic nitrogens is 3. The molecule has 4 heteroatoms. The third kappa shape index (κ3) is 2.20. The van der Waals surface area contributed by atoms with E-state index >= 15 is 0 Å². The second kappa shape index (κ2) is 4.75. The van der Waals surface area contributed by atoms with Crippen LogP contribution in [0.2, 0.25) is 0 Å². The Morgan fingerprint density at radius 3 is 3.00 bits per heavy atom. The molecular weight excluding hydrogens is 188 g/mol. The Kier molecular flexibility index (Phi) is 3.36. The first kappa shape index (κ1) is 10.6. The average Bonchev–Trinajstić information content (AvgIpc) is 2.87. The van der Waals surface area contributed by atoms with Crippen molar-refractivity contribution in [2.24, 2.45) is 17.6 Å². The van der Waals surface area contributed by atoms with E-state index in [-0.39, 0.29) is 0 Å². The highest BCUT2D eigenvalue weighted by atomic mass is 15.3. The fraction of sp³-hybridized carbons (Fsp3) is 0.818. The molecule has 1 fully saturated rings. The van der Waals surface area contributed by atoms with Crippen LogP contribution < -0.4 is 5.73 Å². The van der Waals surface area contributed by atoms with E-state index in [1.165, 1.54) is 19.3 Å². The molecule has 0 aromatic carbocycles. The minimum Gasteiger partial charge on any atom is -0.330 e. The lowest BCUT2D eigenvalue weighted by molar-refractivity contribution is 0.380. The van der Waals surface area contributed by atoms with Crippen molar-refractivity contribution in [3.63, 3.8) is 0 Å². The van der Waals surface area contributed by atoms with E-state index < -0.39 is 0 Å². The summed E-state index contributed by atoms with van der Waals surface area (Å²) in [6.07, 6.45) is 6.63. The number of nitrogens with zero attached hydrogens (tertiary/aromatic N) is 3. The molecule has 0 radical (unpaired) electrons. The molecule has 1 aliphatic rings. The van der Waals surface area contributed by atoms with Crippen molar-refractivity contribution in [1.82, 2.24) is 14.8 Å². The number of nitrogens with two attached hydrogens (primary N) is 1. The molecule has 0 spiro atoms. The van der Waals surface area contributed by atoms with Gasteiger partial charge in [-0.15, -0.1) is 0 Å². The summed E-state index contributed by atoms with van der Waals surface area (Å²) in [6.45, 7) is 3.84. The molecule has 2 atom stereocenters. The number of aryl methyl sites for hydroxylation is 1. The molecule has 0 bridgehead atoms. The minimum absolute atomic E-state index is 0.701. The quantitative estimate of drug-likeness (QED) is 0.809. The van der Waals surface area contributed by atoms with Crippen LogP contribution in [0.4, 0.5) is 0 Å². The Morgan fingerprint density at radius 1 is 1.47 bits per heavy atom. The minimum atomic E-state index is 0.701. The van der Waals surface area contributed by atoms with Gasteiger partial charge in [-0.25, -0.2) is 4.98 Å². The molecule has 0 saturated heterocycles. The maximum Gasteiger partial charge on any atom is 0.138 e. The third-order valence-electron chi connectivity index (χ3n) is 3.56. The van der Waals surface area contributed by atoms with Gasteiger partial charge in [0, 0.05) is 13.0 Å². The van der Waals surface area contributed by atoms with Gasteiger partial charge in [-0.3, -0.25) is 4.68 Å². The van der Waals surface area contributed by atoms with Gasteiger partial charge in [-0.05, 0) is 38.1 Å². The van der Waals surface area contributed by atoms with Gasteiger partial charge in [-0.2, -0.15) is 5.10 Å². The van der Waals surface area contributed by atoms with Crippen molar-refractivity contribution in [3.8, 4) is 0 Å². The highest BCUT2D eigenvalue weighted by Gasteiger charge is 2.27. The van der Waals surface area contributed by atoms with Gasteiger partial charge >= 0.3 is 0 Å². The fourth-order valence-corrected chi connectivity index (χ4v) is 2.64. The number of hydrogen-bond acceptors (Lipinski definition) is 3. The molecule has 1 saturated carbocycles. The first-order chi connectivity index (χ1) is 7.35. The van der Waals surface area contributed by atoms with E-state index in [2.05, 4.69) is 17.0 Å². The van der Waals surface area contributed by atoms with Gasteiger partial charge in [0.25, 0.3) is 0 Å². The molecule has 0 amide bonds. The van der Waals surface area contributed by atoms with Crippen LogP contribution in [0.15, 0.2) is 6.33 Å². The van der Waals surface area contributed by atoms with Crippen molar-refractivity contribution >= 4 is 0 Å². The standard InChI is InChI=1S/C11H20N4/c1-2-15-11(13-8-14-15)6-9-4-3-5-10(9)7-12/h8-10H,2-7,12H2,1H3. The van der Waals surface area contributed by atoms with Gasteiger partial charge in [0.15, 0.2) is 0 Å². The van der Waals surface area contributed by atoms with Gasteiger partial charge in [0.1, 0.15) is 12.2 Å². The van der Waals surface area contributed by atoms with E-state index in [1.807, 2.05) is 4.68 Å². The molecule has 1 heterocycles. The summed E-state index contributed by atoms with van der Waals surface area (Å²) in [5, 5.41) is 4.20. The summed E-state index contributed by atoms with van der Waals surface area (Å²) >= 11 is 0. The van der Waals surface area contributed by atoms with Gasteiger partial charge in [0.05, 0.1) is 0 Å². The lowest BCUT2D eigenvalue weighted by Crippen LogP contribution is -2.21. The zero-order chi connectivity index (χ0) is 10.7. The summed E-state index contributed by atoms with van der Waals surface area (Å²) in [6, 6.07) is 0. The van der Waals surface area contributed by atoms with Crippen LogP contribution in [0.3, 0.4) is 0 Å². The normalized spacial score (nSPS) is 26.0. The summed E-state index contributed by atoms with van der Waals surface area (Å²) in [5.41, 5.74) is 5.78. The van der Waals surface area contributed by atoms with Crippen molar-refractivity contribution in [2.45, 2.75) is 39.2 Å². The molecule has 15 heavy (non-hydrogen) atoms. The maximum absolute atomic E-state index is 5.78. The molecule has 2 rings (SSSR count). The second-order valence-electron chi connectivity index (χ2n) is 4.38. The average molecular weight is 208 g/mol. The molecule has 1 aromatic heterocycles. The van der Waals surface area contributed by atoms with E-state index in [0.717, 1.165) is 31.3 Å². The van der Waals surface area contributed by atoms with Crippen LogP contribution in [0.25, 0.3) is 0 Å². The molecule has 2 N–H and O–H groups in total. The molecule has 1 aliphatic carbocycles. The number of hydrogen-bond donors (Lipinski definition) is 1. The molecule has 2 unspecified atom stereocenters. The summed E-state index contributed by atoms with van der Waals surface area (Å²) in [4.78, 5) is 4.33. The summed E-state index contributed by atoms with van der Waals surface area (Å²) in [7, 11) is 0. The highest BCUT2D eigenvalue weighted by molar-refractivity contribution is 4.91. The molecule has 4 nitrogen and oxygen atoms in total. The molecule has 1 aromatic rings. The van der Waals surface area contributed by atoms with Crippen LogP contribution in [-0.2, 0) is 13.0 Å². The van der Waals surface area contributed by atoms with E-state index in [4.69, 9.17) is 5.73 Å². The largest absolute Gasteiger partial charge is 0.330 e. The molecule has 84 valence electrons. The van der Waals surface area contributed by atoms with Crippen molar-refractivity contribution in [1.29, 1.82) is 0 Å². The maximum atomic E-state index is 5.78. The first-order valence-corrected chi connectivity index (χ1v) is 5.92. The Morgan fingerprint density at radius 2 is 2.27 bits per heavy atom. The first-order valence-electron chi connectivity index (χ1n) is 5.92. The lowest BCUT2D eigenvalue weighted by atomic mass is 9.93.